The molecule has 0 aliphatic carbocycles. The molecule has 4 rings (SSSR count). The van der Waals surface area contributed by atoms with Gasteiger partial charge in [0.05, 0.1) is 11.4 Å². The van der Waals surface area contributed by atoms with Crippen LogP contribution in [0.15, 0.2) is 42.5 Å². The summed E-state index contributed by atoms with van der Waals surface area (Å²) < 4.78 is 15.3. The minimum Gasteiger partial charge on any atom is -0.370 e. The van der Waals surface area contributed by atoms with Crippen LogP contribution in [-0.2, 0) is 12.8 Å². The van der Waals surface area contributed by atoms with Crippen LogP contribution in [0.4, 0.5) is 10.2 Å². The molecule has 2 aromatic carbocycles. The van der Waals surface area contributed by atoms with Gasteiger partial charge in [0.2, 0.25) is 0 Å². The Balaban J connectivity index is 1.79. The number of rotatable bonds is 3. The highest BCUT2D eigenvalue weighted by Gasteiger charge is 2.21. The van der Waals surface area contributed by atoms with Crippen LogP contribution in [0.3, 0.4) is 0 Å². The summed E-state index contributed by atoms with van der Waals surface area (Å²) in [6.45, 7) is 5.21. The molecule has 1 aliphatic heterocycles. The topological polar surface area (TPSA) is 29.9 Å². The van der Waals surface area contributed by atoms with Crippen molar-refractivity contribution < 1.29 is 4.39 Å². The Morgan fingerprint density at radius 1 is 1.08 bits per heavy atom. The van der Waals surface area contributed by atoms with Crippen molar-refractivity contribution in [3.8, 4) is 5.69 Å². The van der Waals surface area contributed by atoms with E-state index in [0.717, 1.165) is 55.0 Å². The van der Waals surface area contributed by atoms with Crippen molar-refractivity contribution in [2.75, 3.05) is 11.9 Å². The Hall–Kier alpha value is -2.62. The fourth-order valence-corrected chi connectivity index (χ4v) is 3.73. The summed E-state index contributed by atoms with van der Waals surface area (Å²) in [5, 5.41) is 8.56. The molecule has 4 heteroatoms. The fraction of sp³-hybridized carbons (Fsp3) is 0.318. The Bertz CT molecular complexity index is 925. The van der Waals surface area contributed by atoms with Gasteiger partial charge in [0.25, 0.3) is 0 Å². The molecule has 0 atom stereocenters. The first-order chi connectivity index (χ1) is 12.6. The van der Waals surface area contributed by atoms with E-state index < -0.39 is 0 Å². The third kappa shape index (κ3) is 3.24. The average Bonchev–Trinajstić information content (AvgIpc) is 2.80. The summed E-state index contributed by atoms with van der Waals surface area (Å²) in [4.78, 5) is 0. The number of aryl methyl sites for hydroxylation is 2. The quantitative estimate of drug-likeness (QED) is 0.724. The van der Waals surface area contributed by atoms with Gasteiger partial charge in [-0.1, -0.05) is 29.8 Å². The molecule has 0 saturated heterocycles. The van der Waals surface area contributed by atoms with E-state index in [1.807, 2.05) is 12.1 Å². The van der Waals surface area contributed by atoms with Crippen LogP contribution in [0.1, 0.15) is 40.8 Å². The summed E-state index contributed by atoms with van der Waals surface area (Å²) in [5.41, 5.74) is 7.06. The molecule has 1 aromatic heterocycles. The number of hydrogen-bond acceptors (Lipinski definition) is 2. The number of nitrogens with zero attached hydrogens (tertiary/aromatic N) is 2. The van der Waals surface area contributed by atoms with Crippen LogP contribution in [-0.4, -0.2) is 16.3 Å². The first kappa shape index (κ1) is 16.8. The van der Waals surface area contributed by atoms with E-state index in [2.05, 4.69) is 42.0 Å². The number of fused-ring (bicyclic) bond motifs is 1. The van der Waals surface area contributed by atoms with Gasteiger partial charge < -0.3 is 5.32 Å². The molecule has 0 spiro atoms. The first-order valence-electron chi connectivity index (χ1n) is 9.28. The molecule has 0 bridgehead atoms. The van der Waals surface area contributed by atoms with Gasteiger partial charge in [-0.2, -0.15) is 5.10 Å². The molecule has 0 unspecified atom stereocenters. The van der Waals surface area contributed by atoms with Crippen molar-refractivity contribution in [3.63, 3.8) is 0 Å². The molecule has 3 nitrogen and oxygen atoms in total. The summed E-state index contributed by atoms with van der Waals surface area (Å²) in [6.07, 6.45) is 4.08. The van der Waals surface area contributed by atoms with Crippen molar-refractivity contribution in [2.24, 2.45) is 0 Å². The monoisotopic (exact) mass is 349 g/mol. The van der Waals surface area contributed by atoms with E-state index in [0.29, 0.717) is 0 Å². The van der Waals surface area contributed by atoms with Gasteiger partial charge in [0, 0.05) is 18.5 Å². The third-order valence-electron chi connectivity index (χ3n) is 5.08. The van der Waals surface area contributed by atoms with Crippen LogP contribution >= 0.6 is 0 Å². The molecule has 0 fully saturated rings. The standard InChI is InChI=1S/C22H24FN3/c1-15-6-11-21(16(2)13-15)26-22-19(5-3-4-12-24-22)20(25-26)14-17-7-9-18(23)10-8-17/h6-11,13,24H,3-5,12,14H2,1-2H3. The van der Waals surface area contributed by atoms with Crippen LogP contribution < -0.4 is 5.32 Å². The van der Waals surface area contributed by atoms with Crippen molar-refractivity contribution in [3.05, 3.63) is 76.2 Å². The SMILES string of the molecule is Cc1ccc(-n2nc(Cc3ccc(F)cc3)c3c2NCCCC3)c(C)c1. The molecule has 1 N–H and O–H groups in total. The predicted octanol–water partition coefficient (Wildman–Crippen LogP) is 4.97. The van der Waals surface area contributed by atoms with Crippen molar-refractivity contribution in [2.45, 2.75) is 39.5 Å². The van der Waals surface area contributed by atoms with Gasteiger partial charge in [-0.25, -0.2) is 9.07 Å². The number of aromatic nitrogens is 2. The smallest absolute Gasteiger partial charge is 0.133 e. The van der Waals surface area contributed by atoms with E-state index in [1.54, 1.807) is 0 Å². The highest BCUT2D eigenvalue weighted by molar-refractivity contribution is 5.57. The minimum atomic E-state index is -0.199. The Labute approximate surface area is 153 Å². The second-order valence-electron chi connectivity index (χ2n) is 7.16. The molecule has 0 amide bonds. The van der Waals surface area contributed by atoms with E-state index >= 15 is 0 Å². The summed E-state index contributed by atoms with van der Waals surface area (Å²) >= 11 is 0. The highest BCUT2D eigenvalue weighted by atomic mass is 19.1. The second kappa shape index (κ2) is 6.94. The molecule has 3 aromatic rings. The van der Waals surface area contributed by atoms with Gasteiger partial charge in [-0.05, 0) is 62.4 Å². The van der Waals surface area contributed by atoms with Gasteiger partial charge in [-0.3, -0.25) is 0 Å². The van der Waals surface area contributed by atoms with E-state index in [4.69, 9.17) is 5.10 Å². The second-order valence-corrected chi connectivity index (χ2v) is 7.16. The van der Waals surface area contributed by atoms with Gasteiger partial charge >= 0.3 is 0 Å². The molecule has 0 radical (unpaired) electrons. The lowest BCUT2D eigenvalue weighted by Gasteiger charge is -2.12. The normalized spacial score (nSPS) is 13.8. The van der Waals surface area contributed by atoms with Gasteiger partial charge in [0.15, 0.2) is 0 Å². The van der Waals surface area contributed by atoms with Crippen LogP contribution in [0.5, 0.6) is 0 Å². The lowest BCUT2D eigenvalue weighted by Crippen LogP contribution is -2.08. The number of hydrogen-bond donors (Lipinski definition) is 1. The highest BCUT2D eigenvalue weighted by Crippen LogP contribution is 2.30. The fourth-order valence-electron chi connectivity index (χ4n) is 3.73. The van der Waals surface area contributed by atoms with Crippen LogP contribution in [0.2, 0.25) is 0 Å². The average molecular weight is 349 g/mol. The maximum Gasteiger partial charge on any atom is 0.133 e. The molecule has 1 aliphatic rings. The predicted molar refractivity (Wildman–Crippen MR) is 104 cm³/mol. The minimum absolute atomic E-state index is 0.199. The third-order valence-corrected chi connectivity index (χ3v) is 5.08. The maximum absolute atomic E-state index is 13.2. The molecule has 2 heterocycles. The molecular weight excluding hydrogens is 325 g/mol. The lowest BCUT2D eigenvalue weighted by atomic mass is 10.0. The first-order valence-corrected chi connectivity index (χ1v) is 9.28. The van der Waals surface area contributed by atoms with Crippen molar-refractivity contribution >= 4 is 5.82 Å². The maximum atomic E-state index is 13.2. The zero-order valence-corrected chi connectivity index (χ0v) is 15.3. The number of halogens is 1. The van der Waals surface area contributed by atoms with Gasteiger partial charge in [0.1, 0.15) is 11.6 Å². The van der Waals surface area contributed by atoms with Crippen molar-refractivity contribution in [1.29, 1.82) is 0 Å². The Kier molecular flexibility index (Phi) is 4.49. The lowest BCUT2D eigenvalue weighted by molar-refractivity contribution is 0.627. The Morgan fingerprint density at radius 2 is 1.88 bits per heavy atom. The molecular formula is C22H24FN3. The van der Waals surface area contributed by atoms with Crippen molar-refractivity contribution in [1.82, 2.24) is 9.78 Å². The number of anilines is 1. The van der Waals surface area contributed by atoms with Crippen LogP contribution in [0, 0.1) is 19.7 Å². The number of benzene rings is 2. The molecule has 0 saturated carbocycles. The van der Waals surface area contributed by atoms with E-state index in [9.17, 15) is 4.39 Å². The molecule has 134 valence electrons. The zero-order chi connectivity index (χ0) is 18.1. The van der Waals surface area contributed by atoms with Crippen LogP contribution in [0.25, 0.3) is 5.69 Å². The van der Waals surface area contributed by atoms with E-state index in [1.165, 1.54) is 28.8 Å². The van der Waals surface area contributed by atoms with E-state index in [-0.39, 0.29) is 5.82 Å². The summed E-state index contributed by atoms with van der Waals surface area (Å²) in [6, 6.07) is 13.2. The number of nitrogens with one attached hydrogen (secondary N) is 1. The zero-order valence-electron chi connectivity index (χ0n) is 15.3. The summed E-state index contributed by atoms with van der Waals surface area (Å²) in [7, 11) is 0. The Morgan fingerprint density at radius 3 is 2.65 bits per heavy atom. The van der Waals surface area contributed by atoms with Gasteiger partial charge in [-0.15, -0.1) is 0 Å². The summed E-state index contributed by atoms with van der Waals surface area (Å²) in [5.74, 6) is 0.918. The largest absolute Gasteiger partial charge is 0.370 e. The molecule has 26 heavy (non-hydrogen) atoms.